The van der Waals surface area contributed by atoms with Crippen molar-refractivity contribution in [3.63, 3.8) is 0 Å². The van der Waals surface area contributed by atoms with Crippen LogP contribution >= 0.6 is 0 Å². The first-order valence-corrected chi connectivity index (χ1v) is 14.2. The van der Waals surface area contributed by atoms with E-state index in [1.807, 2.05) is 0 Å². The van der Waals surface area contributed by atoms with Crippen molar-refractivity contribution in [1.29, 1.82) is 0 Å². The van der Waals surface area contributed by atoms with E-state index in [-0.39, 0.29) is 29.8 Å². The summed E-state index contributed by atoms with van der Waals surface area (Å²) in [6.07, 6.45) is 1.10. The number of nitrogens with two attached hydrogens (primary N) is 1. The first-order valence-electron chi connectivity index (χ1n) is 14.2. The van der Waals surface area contributed by atoms with Crippen molar-refractivity contribution >= 4 is 23.6 Å². The average molecular weight is 574 g/mol. The van der Waals surface area contributed by atoms with Gasteiger partial charge in [-0.25, -0.2) is 4.98 Å². The lowest BCUT2D eigenvalue weighted by molar-refractivity contribution is -0.137. The van der Waals surface area contributed by atoms with Crippen molar-refractivity contribution in [2.45, 2.75) is 81.9 Å². The number of nitrogens with zero attached hydrogens (tertiary/aromatic N) is 4. The molecule has 2 amide bonds. The van der Waals surface area contributed by atoms with E-state index in [2.05, 4.69) is 30.4 Å². The third-order valence-corrected chi connectivity index (χ3v) is 8.53. The predicted octanol–water partition coefficient (Wildman–Crippen LogP) is 3.07. The minimum Gasteiger partial charge on any atom is -0.490 e. The number of hydrogen-bond acceptors (Lipinski definition) is 8. The Kier molecular flexibility index (Phi) is 7.39. The maximum atomic E-state index is 13.5. The number of aromatic nitrogens is 2. The Hall–Kier alpha value is -3.61. The zero-order valence-corrected chi connectivity index (χ0v) is 22.6. The van der Waals surface area contributed by atoms with Gasteiger partial charge in [0.05, 0.1) is 5.56 Å². The van der Waals surface area contributed by atoms with Gasteiger partial charge in [0, 0.05) is 49.6 Å². The molecule has 2 aromatic rings. The third-order valence-electron chi connectivity index (χ3n) is 8.53. The standard InChI is InChI=1S/C28H34F3N7O3/c29-28(30,31)17-3-6-23(16(11-17)15-37-9-1-2-10-37)41-20-12-18-4-5-19(13-20)38(18)27-35-22(25(32)39)14-24(36-27)34-21-7-8-33-26(21)40/h3,6,11,14,18-21H,1-2,4-5,7-10,12-13,15H2,(H2,32,39)(H,33,40)(H,34,35,36)/t18-,19+,20-,21-/m0/s1. The molecule has 2 bridgehead atoms. The fourth-order valence-corrected chi connectivity index (χ4v) is 6.57. The van der Waals surface area contributed by atoms with Gasteiger partial charge in [-0.3, -0.25) is 14.5 Å². The number of piperidine rings is 1. The van der Waals surface area contributed by atoms with Crippen LogP contribution in [0.1, 0.15) is 66.6 Å². The molecule has 4 aliphatic heterocycles. The second-order valence-electron chi connectivity index (χ2n) is 11.4. The number of alkyl halides is 3. The van der Waals surface area contributed by atoms with Gasteiger partial charge >= 0.3 is 6.18 Å². The van der Waals surface area contributed by atoms with Gasteiger partial charge < -0.3 is 26.0 Å². The Morgan fingerprint density at radius 1 is 1.10 bits per heavy atom. The van der Waals surface area contributed by atoms with E-state index in [0.29, 0.717) is 55.4 Å². The van der Waals surface area contributed by atoms with Gasteiger partial charge in [0.25, 0.3) is 5.91 Å². The number of rotatable bonds is 8. The molecule has 4 saturated heterocycles. The van der Waals surface area contributed by atoms with Crippen molar-refractivity contribution < 1.29 is 27.5 Å². The number of anilines is 2. The number of ether oxygens (including phenoxy) is 1. The summed E-state index contributed by atoms with van der Waals surface area (Å²) < 4.78 is 46.9. The van der Waals surface area contributed by atoms with Crippen molar-refractivity contribution in [3.05, 3.63) is 41.1 Å². The minimum atomic E-state index is -4.42. The number of benzene rings is 1. The predicted molar refractivity (Wildman–Crippen MR) is 144 cm³/mol. The van der Waals surface area contributed by atoms with Gasteiger partial charge in [-0.05, 0) is 63.4 Å². The Labute approximate surface area is 235 Å². The molecule has 41 heavy (non-hydrogen) atoms. The Balaban J connectivity index is 1.21. The molecule has 5 heterocycles. The van der Waals surface area contributed by atoms with Crippen molar-refractivity contribution in [2.24, 2.45) is 5.73 Å². The summed E-state index contributed by atoms with van der Waals surface area (Å²) >= 11 is 0. The molecular formula is C28H34F3N7O3. The minimum absolute atomic E-state index is 0.0287. The molecule has 220 valence electrons. The van der Waals surface area contributed by atoms with Crippen molar-refractivity contribution in [2.75, 3.05) is 29.9 Å². The van der Waals surface area contributed by atoms with Gasteiger partial charge in [-0.15, -0.1) is 0 Å². The lowest BCUT2D eigenvalue weighted by atomic mass is 9.99. The van der Waals surface area contributed by atoms with Gasteiger partial charge in [-0.2, -0.15) is 18.2 Å². The van der Waals surface area contributed by atoms with Crippen LogP contribution in [0.25, 0.3) is 0 Å². The number of carbonyl (C=O) groups excluding carboxylic acids is 2. The van der Waals surface area contributed by atoms with Crippen LogP contribution in [0.3, 0.4) is 0 Å². The topological polar surface area (TPSA) is 126 Å². The number of hydrogen-bond donors (Lipinski definition) is 3. The molecule has 13 heteroatoms. The third kappa shape index (κ3) is 5.90. The summed E-state index contributed by atoms with van der Waals surface area (Å²) in [5.74, 6) is 0.413. The quantitative estimate of drug-likeness (QED) is 0.440. The summed E-state index contributed by atoms with van der Waals surface area (Å²) in [6, 6.07) is 4.84. The first-order chi connectivity index (χ1) is 19.6. The highest BCUT2D eigenvalue weighted by Crippen LogP contribution is 2.41. The van der Waals surface area contributed by atoms with E-state index in [1.165, 1.54) is 18.2 Å². The van der Waals surface area contributed by atoms with E-state index in [0.717, 1.165) is 44.8 Å². The molecule has 1 aromatic heterocycles. The number of halogens is 3. The molecule has 6 rings (SSSR count). The normalized spacial score (nSPS) is 26.3. The van der Waals surface area contributed by atoms with Gasteiger partial charge in [-0.1, -0.05) is 0 Å². The average Bonchev–Trinajstić information content (AvgIpc) is 3.64. The van der Waals surface area contributed by atoms with Crippen LogP contribution in [0.5, 0.6) is 5.75 Å². The van der Waals surface area contributed by atoms with Crippen molar-refractivity contribution in [3.8, 4) is 5.75 Å². The fourth-order valence-electron chi connectivity index (χ4n) is 6.57. The van der Waals surface area contributed by atoms with Crippen LogP contribution in [0.4, 0.5) is 24.9 Å². The van der Waals surface area contributed by atoms with E-state index in [4.69, 9.17) is 10.5 Å². The number of primary amides is 1. The van der Waals surface area contributed by atoms with E-state index < -0.39 is 23.7 Å². The summed E-state index contributed by atoms with van der Waals surface area (Å²) in [6.45, 7) is 2.72. The highest BCUT2D eigenvalue weighted by Gasteiger charge is 2.43. The second kappa shape index (κ2) is 11.0. The Morgan fingerprint density at radius 3 is 2.46 bits per heavy atom. The first kappa shape index (κ1) is 27.6. The molecule has 0 unspecified atom stereocenters. The Bertz CT molecular complexity index is 1300. The van der Waals surface area contributed by atoms with Crippen molar-refractivity contribution in [1.82, 2.24) is 20.2 Å². The molecule has 0 radical (unpaired) electrons. The Morgan fingerprint density at radius 2 is 1.83 bits per heavy atom. The number of likely N-dealkylation sites (tertiary alicyclic amines) is 1. The largest absolute Gasteiger partial charge is 0.490 e. The number of carbonyl (C=O) groups is 2. The van der Waals surface area contributed by atoms with E-state index in [1.54, 1.807) is 0 Å². The molecule has 4 aliphatic rings. The molecule has 10 nitrogen and oxygen atoms in total. The summed E-state index contributed by atoms with van der Waals surface area (Å²) in [5, 5.41) is 5.87. The van der Waals surface area contributed by atoms with Gasteiger partial charge in [0.1, 0.15) is 29.4 Å². The zero-order valence-electron chi connectivity index (χ0n) is 22.6. The van der Waals surface area contributed by atoms with E-state index >= 15 is 0 Å². The monoisotopic (exact) mass is 573 g/mol. The molecule has 4 N–H and O–H groups in total. The van der Waals surface area contributed by atoms with Crippen LogP contribution in [0.2, 0.25) is 0 Å². The maximum Gasteiger partial charge on any atom is 0.416 e. The molecular weight excluding hydrogens is 539 g/mol. The second-order valence-corrected chi connectivity index (χ2v) is 11.4. The highest BCUT2D eigenvalue weighted by atomic mass is 19.4. The van der Waals surface area contributed by atoms with Crippen LogP contribution in [-0.4, -0.2) is 70.5 Å². The van der Waals surface area contributed by atoms with Gasteiger partial charge in [0.2, 0.25) is 11.9 Å². The summed E-state index contributed by atoms with van der Waals surface area (Å²) in [7, 11) is 0. The molecule has 0 spiro atoms. The summed E-state index contributed by atoms with van der Waals surface area (Å²) in [5.41, 5.74) is 5.52. The lowest BCUT2D eigenvalue weighted by Crippen LogP contribution is -2.47. The molecule has 4 atom stereocenters. The fraction of sp³-hybridized carbons (Fsp3) is 0.571. The smallest absolute Gasteiger partial charge is 0.416 e. The van der Waals surface area contributed by atoms with Crippen LogP contribution in [0.15, 0.2) is 24.3 Å². The van der Waals surface area contributed by atoms with Gasteiger partial charge in [0.15, 0.2) is 0 Å². The number of nitrogens with one attached hydrogen (secondary N) is 2. The summed E-state index contributed by atoms with van der Waals surface area (Å²) in [4.78, 5) is 37.5. The lowest BCUT2D eigenvalue weighted by Gasteiger charge is -2.39. The molecule has 0 saturated carbocycles. The SMILES string of the molecule is NC(=O)c1cc(N[C@H]2CCNC2=O)nc(N2[C@@H]3CC[C@H]2C[C@H](Oc2ccc(C(F)(F)F)cc2CN2CCCC2)C3)n1. The molecule has 0 aliphatic carbocycles. The molecule has 1 aromatic carbocycles. The van der Waals surface area contributed by atoms with Crippen LogP contribution < -0.4 is 26.0 Å². The molecule has 4 fully saturated rings. The number of fused-ring (bicyclic) bond motifs is 2. The zero-order chi connectivity index (χ0) is 28.7. The van der Waals surface area contributed by atoms with Crippen LogP contribution in [-0.2, 0) is 17.5 Å². The van der Waals surface area contributed by atoms with Crippen LogP contribution in [0, 0.1) is 0 Å². The van der Waals surface area contributed by atoms with E-state index in [9.17, 15) is 22.8 Å². The highest BCUT2D eigenvalue weighted by molar-refractivity contribution is 5.92. The maximum absolute atomic E-state index is 13.5. The number of amides is 2.